The highest BCUT2D eigenvalue weighted by atomic mass is 16.7. The number of benzene rings is 1. The summed E-state index contributed by atoms with van der Waals surface area (Å²) in [5.74, 6) is 0.252. The summed E-state index contributed by atoms with van der Waals surface area (Å²) in [5, 5.41) is 11.6. The van der Waals surface area contributed by atoms with E-state index in [1.165, 1.54) is 6.92 Å². The number of hydrogen-bond acceptors (Lipinski definition) is 5. The van der Waals surface area contributed by atoms with Crippen molar-refractivity contribution < 1.29 is 19.5 Å². The molecule has 0 fully saturated rings. The van der Waals surface area contributed by atoms with Crippen LogP contribution in [0.3, 0.4) is 0 Å². The van der Waals surface area contributed by atoms with Crippen molar-refractivity contribution in [2.45, 2.75) is 26.7 Å². The molecule has 1 heterocycles. The van der Waals surface area contributed by atoms with Crippen LogP contribution in [0.25, 0.3) is 10.9 Å². The van der Waals surface area contributed by atoms with Crippen LogP contribution in [0, 0.1) is 0 Å². The molecule has 2 rings (SSSR count). The Kier molecular flexibility index (Phi) is 6.58. The molecule has 0 spiro atoms. The van der Waals surface area contributed by atoms with Crippen molar-refractivity contribution in [3.05, 3.63) is 30.0 Å². The predicted molar refractivity (Wildman–Crippen MR) is 88.2 cm³/mol. The van der Waals surface area contributed by atoms with E-state index in [1.807, 2.05) is 30.3 Å². The molecule has 0 saturated carbocycles. The molecule has 126 valence electrons. The number of carbonyl (C=O) groups is 1. The fourth-order valence-corrected chi connectivity index (χ4v) is 2.47. The maximum atomic E-state index is 11.3. The molecule has 0 aliphatic carbocycles. The summed E-state index contributed by atoms with van der Waals surface area (Å²) < 4.78 is 5.31. The smallest absolute Gasteiger partial charge is 0.308 e. The highest BCUT2D eigenvalue weighted by Gasteiger charge is 2.12. The third kappa shape index (κ3) is 4.79. The van der Waals surface area contributed by atoms with Gasteiger partial charge in [-0.05, 0) is 30.5 Å². The quantitative estimate of drug-likeness (QED) is 0.321. The molecule has 1 aromatic heterocycles. The van der Waals surface area contributed by atoms with Gasteiger partial charge in [-0.25, -0.2) is 0 Å². The van der Waals surface area contributed by atoms with Crippen LogP contribution in [0.2, 0.25) is 0 Å². The largest absolute Gasteiger partial charge is 0.426 e. The van der Waals surface area contributed by atoms with Gasteiger partial charge in [-0.15, -0.1) is 0 Å². The average molecular weight is 320 g/mol. The molecule has 6 heteroatoms. The number of aliphatic hydroxyl groups is 1. The first-order valence-electron chi connectivity index (χ1n) is 7.91. The summed E-state index contributed by atoms with van der Waals surface area (Å²) in [6.45, 7) is 5.56. The van der Waals surface area contributed by atoms with Gasteiger partial charge in [-0.1, -0.05) is 13.0 Å². The second-order valence-electron chi connectivity index (χ2n) is 5.27. The number of nitrogens with zero attached hydrogens (tertiary/aromatic N) is 1. The number of carbonyl (C=O) groups excluding carboxylic acids is 1. The van der Waals surface area contributed by atoms with Crippen molar-refractivity contribution in [2.75, 3.05) is 26.3 Å². The van der Waals surface area contributed by atoms with Crippen molar-refractivity contribution in [1.82, 2.24) is 10.0 Å². The molecule has 1 aromatic carbocycles. The van der Waals surface area contributed by atoms with Crippen LogP contribution in [-0.2, 0) is 16.1 Å². The maximum absolute atomic E-state index is 11.3. The lowest BCUT2D eigenvalue weighted by Crippen LogP contribution is -2.27. The number of fused-ring (bicyclic) bond motifs is 1. The molecule has 23 heavy (non-hydrogen) atoms. The Balaban J connectivity index is 2.08. The van der Waals surface area contributed by atoms with Crippen molar-refractivity contribution in [2.24, 2.45) is 0 Å². The fourth-order valence-electron chi connectivity index (χ4n) is 2.47. The fraction of sp³-hybridized carbons (Fsp3) is 0.471. The zero-order chi connectivity index (χ0) is 16.7. The first-order valence-corrected chi connectivity index (χ1v) is 7.91. The number of aliphatic hydroxyl groups excluding tert-OH is 1. The van der Waals surface area contributed by atoms with Gasteiger partial charge in [0.1, 0.15) is 5.75 Å². The summed E-state index contributed by atoms with van der Waals surface area (Å²) in [7, 11) is 0. The molecule has 2 aromatic rings. The van der Waals surface area contributed by atoms with Gasteiger partial charge in [-0.3, -0.25) is 9.63 Å². The van der Waals surface area contributed by atoms with E-state index in [1.54, 1.807) is 6.07 Å². The van der Waals surface area contributed by atoms with Crippen molar-refractivity contribution >= 4 is 16.9 Å². The highest BCUT2D eigenvalue weighted by molar-refractivity contribution is 5.91. The molecule has 6 nitrogen and oxygen atoms in total. The molecular weight excluding hydrogens is 296 g/mol. The number of aromatic nitrogens is 1. The number of ether oxygens (including phenoxy) is 1. The molecule has 0 bridgehead atoms. The van der Waals surface area contributed by atoms with Gasteiger partial charge >= 0.3 is 5.97 Å². The Morgan fingerprint density at radius 3 is 2.91 bits per heavy atom. The van der Waals surface area contributed by atoms with Gasteiger partial charge in [0.15, 0.2) is 0 Å². The summed E-state index contributed by atoms with van der Waals surface area (Å²) in [6.07, 6.45) is 3.34. The Hall–Kier alpha value is -1.89. The number of likely N-dealkylation sites (N-methyl/N-ethyl adjacent to an activating group) is 1. The van der Waals surface area contributed by atoms with Gasteiger partial charge in [-0.2, -0.15) is 5.06 Å². The average Bonchev–Trinajstić information content (AvgIpc) is 2.94. The first kappa shape index (κ1) is 17.5. The molecular formula is C17H24N2O4. The van der Waals surface area contributed by atoms with E-state index in [9.17, 15) is 4.79 Å². The number of H-pyrrole nitrogens is 1. The van der Waals surface area contributed by atoms with Crippen molar-refractivity contribution in [1.29, 1.82) is 0 Å². The minimum Gasteiger partial charge on any atom is -0.426 e. The van der Waals surface area contributed by atoms with E-state index in [4.69, 9.17) is 14.7 Å². The van der Waals surface area contributed by atoms with Crippen LogP contribution in [-0.4, -0.2) is 47.4 Å². The molecule has 0 aliphatic rings. The first-order chi connectivity index (χ1) is 11.2. The monoisotopic (exact) mass is 320 g/mol. The van der Waals surface area contributed by atoms with Crippen LogP contribution in [0.1, 0.15) is 25.8 Å². The maximum Gasteiger partial charge on any atom is 0.308 e. The lowest BCUT2D eigenvalue weighted by Gasteiger charge is -2.19. The topological polar surface area (TPSA) is 74.8 Å². The Labute approximate surface area is 136 Å². The van der Waals surface area contributed by atoms with E-state index < -0.39 is 0 Å². The van der Waals surface area contributed by atoms with E-state index in [2.05, 4.69) is 4.98 Å². The minimum absolute atomic E-state index is 0.131. The lowest BCUT2D eigenvalue weighted by atomic mass is 10.1. The summed E-state index contributed by atoms with van der Waals surface area (Å²) in [4.78, 5) is 20.1. The SMILES string of the molecule is CCN(CCc1c[nH]c2cccc(OC(C)=O)c12)OCCCO. The number of aromatic amines is 1. The number of hydroxylamine groups is 2. The second-order valence-corrected chi connectivity index (χ2v) is 5.27. The number of rotatable bonds is 9. The van der Waals surface area contributed by atoms with Crippen LogP contribution in [0.15, 0.2) is 24.4 Å². The minimum atomic E-state index is -0.327. The van der Waals surface area contributed by atoms with E-state index in [-0.39, 0.29) is 12.6 Å². The van der Waals surface area contributed by atoms with Crippen LogP contribution in [0.5, 0.6) is 5.75 Å². The Bertz CT molecular complexity index is 639. The van der Waals surface area contributed by atoms with Crippen LogP contribution >= 0.6 is 0 Å². The molecule has 2 N–H and O–H groups in total. The highest BCUT2D eigenvalue weighted by Crippen LogP contribution is 2.29. The summed E-state index contributed by atoms with van der Waals surface area (Å²) in [5.41, 5.74) is 2.03. The van der Waals surface area contributed by atoms with Gasteiger partial charge in [0.2, 0.25) is 0 Å². The molecule has 0 aliphatic heterocycles. The van der Waals surface area contributed by atoms with E-state index in [0.29, 0.717) is 18.8 Å². The molecule has 0 saturated heterocycles. The number of nitrogens with one attached hydrogen (secondary N) is 1. The molecule has 0 radical (unpaired) electrons. The predicted octanol–water partition coefficient (Wildman–Crippen LogP) is 2.27. The normalized spacial score (nSPS) is 11.3. The van der Waals surface area contributed by atoms with E-state index in [0.717, 1.165) is 36.0 Å². The van der Waals surface area contributed by atoms with Crippen LogP contribution < -0.4 is 4.74 Å². The van der Waals surface area contributed by atoms with Gasteiger partial charge in [0.05, 0.1) is 6.61 Å². The standard InChI is InChI=1S/C17H24N2O4/c1-3-19(22-11-5-10-20)9-8-14-12-18-15-6-4-7-16(17(14)15)23-13(2)21/h4,6-7,12,18,20H,3,5,8-11H2,1-2H3. The summed E-state index contributed by atoms with van der Waals surface area (Å²) in [6, 6.07) is 5.62. The number of esters is 1. The summed E-state index contributed by atoms with van der Waals surface area (Å²) >= 11 is 0. The zero-order valence-corrected chi connectivity index (χ0v) is 13.7. The van der Waals surface area contributed by atoms with Crippen molar-refractivity contribution in [3.8, 4) is 5.75 Å². The van der Waals surface area contributed by atoms with Gasteiger partial charge in [0.25, 0.3) is 0 Å². The Morgan fingerprint density at radius 2 is 2.22 bits per heavy atom. The number of hydrogen-bond donors (Lipinski definition) is 2. The molecule has 0 amide bonds. The van der Waals surface area contributed by atoms with Gasteiger partial charge < -0.3 is 14.8 Å². The molecule has 0 atom stereocenters. The molecule has 0 unspecified atom stereocenters. The third-order valence-electron chi connectivity index (χ3n) is 3.56. The third-order valence-corrected chi connectivity index (χ3v) is 3.56. The van der Waals surface area contributed by atoms with Crippen LogP contribution in [0.4, 0.5) is 0 Å². The second kappa shape index (κ2) is 8.67. The van der Waals surface area contributed by atoms with Crippen molar-refractivity contribution in [3.63, 3.8) is 0 Å². The van der Waals surface area contributed by atoms with Gasteiger partial charge in [0, 0.05) is 43.7 Å². The van der Waals surface area contributed by atoms with E-state index >= 15 is 0 Å². The Morgan fingerprint density at radius 1 is 1.39 bits per heavy atom. The lowest BCUT2D eigenvalue weighted by molar-refractivity contribution is -0.157. The zero-order valence-electron chi connectivity index (χ0n) is 13.7.